The Kier molecular flexibility index (Phi) is 5.83. The number of carbonyl (C=O) groups is 2. The third-order valence-corrected chi connectivity index (χ3v) is 6.70. The first-order valence-electron chi connectivity index (χ1n) is 10.4. The van der Waals surface area contributed by atoms with Gasteiger partial charge in [-0.15, -0.1) is 0 Å². The van der Waals surface area contributed by atoms with Crippen LogP contribution in [-0.4, -0.2) is 70.6 Å². The number of amides is 2. The van der Waals surface area contributed by atoms with Crippen LogP contribution in [0.2, 0.25) is 5.02 Å². The fourth-order valence-electron chi connectivity index (χ4n) is 4.44. The molecule has 32 heavy (non-hydrogen) atoms. The first-order valence-corrected chi connectivity index (χ1v) is 10.8. The second-order valence-electron chi connectivity index (χ2n) is 8.54. The van der Waals surface area contributed by atoms with Crippen LogP contribution in [0.3, 0.4) is 0 Å². The van der Waals surface area contributed by atoms with Crippen LogP contribution < -0.4 is 10.9 Å². The zero-order chi connectivity index (χ0) is 23.2. The molecular formula is C22H25ClFN4O4+. The number of carbonyl (C=O) groups excluding carboxylic acids is 2. The number of likely N-dealkylation sites (N-methyl/N-ethyl adjacent to an activating group) is 1. The summed E-state index contributed by atoms with van der Waals surface area (Å²) in [6, 6.07) is 4.19. The summed E-state index contributed by atoms with van der Waals surface area (Å²) < 4.78 is 14.7. The van der Waals surface area contributed by atoms with Gasteiger partial charge in [0.15, 0.2) is 11.4 Å². The Balaban J connectivity index is 1.75. The van der Waals surface area contributed by atoms with Gasteiger partial charge in [0, 0.05) is 38.8 Å². The molecule has 0 bridgehead atoms. The Morgan fingerprint density at radius 2 is 1.97 bits per heavy atom. The molecule has 0 spiro atoms. The van der Waals surface area contributed by atoms with Gasteiger partial charge in [0.25, 0.3) is 11.5 Å². The lowest BCUT2D eigenvalue weighted by atomic mass is 9.94. The first kappa shape index (κ1) is 22.4. The Bertz CT molecular complexity index is 1170. The van der Waals surface area contributed by atoms with E-state index in [-0.39, 0.29) is 39.8 Å². The number of pyridine rings is 1. The topological polar surface area (TPSA) is 91.6 Å². The van der Waals surface area contributed by atoms with E-state index in [0.29, 0.717) is 43.7 Å². The number of rotatable bonds is 3. The molecule has 2 N–H and O–H groups in total. The molecule has 0 unspecified atom stereocenters. The van der Waals surface area contributed by atoms with Crippen LogP contribution in [0.5, 0.6) is 5.75 Å². The lowest BCUT2D eigenvalue weighted by Gasteiger charge is -2.37. The predicted octanol–water partition coefficient (Wildman–Crippen LogP) is 1.27. The number of fused-ring (bicyclic) bond motifs is 1. The van der Waals surface area contributed by atoms with Gasteiger partial charge in [-0.1, -0.05) is 17.7 Å². The lowest BCUT2D eigenvalue weighted by Crippen LogP contribution is -2.60. The molecule has 0 radical (unpaired) electrons. The van der Waals surface area contributed by atoms with Crippen molar-refractivity contribution in [1.29, 1.82) is 0 Å². The van der Waals surface area contributed by atoms with Crippen LogP contribution in [-0.2, 0) is 20.0 Å². The molecule has 1 fully saturated rings. The van der Waals surface area contributed by atoms with Gasteiger partial charge in [-0.05, 0) is 24.1 Å². The van der Waals surface area contributed by atoms with Crippen molar-refractivity contribution in [2.24, 2.45) is 7.05 Å². The third kappa shape index (κ3) is 3.70. The molecule has 10 heteroatoms. The predicted molar refractivity (Wildman–Crippen MR) is 116 cm³/mol. The second-order valence-corrected chi connectivity index (χ2v) is 8.95. The van der Waals surface area contributed by atoms with Crippen molar-refractivity contribution in [2.45, 2.75) is 13.0 Å². The number of halogens is 2. The monoisotopic (exact) mass is 463 g/mol. The van der Waals surface area contributed by atoms with Gasteiger partial charge in [-0.25, -0.2) is 9.18 Å². The van der Waals surface area contributed by atoms with E-state index in [1.54, 1.807) is 0 Å². The average Bonchev–Trinajstić information content (AvgIpc) is 2.77. The molecule has 0 aliphatic carbocycles. The maximum absolute atomic E-state index is 13.6. The van der Waals surface area contributed by atoms with Gasteiger partial charge < -0.3 is 19.9 Å². The van der Waals surface area contributed by atoms with Gasteiger partial charge in [0.05, 0.1) is 30.7 Å². The first-order chi connectivity index (χ1) is 15.1. The summed E-state index contributed by atoms with van der Waals surface area (Å²) >= 11 is 5.85. The van der Waals surface area contributed by atoms with Crippen LogP contribution in [0.4, 0.5) is 4.39 Å². The molecule has 3 heterocycles. The van der Waals surface area contributed by atoms with E-state index >= 15 is 0 Å². The highest BCUT2D eigenvalue weighted by atomic mass is 35.5. The van der Waals surface area contributed by atoms with E-state index in [0.717, 1.165) is 4.57 Å². The zero-order valence-electron chi connectivity index (χ0n) is 18.0. The standard InChI is InChI=1S/C22H24ClFN4O4/c1-26-18(22(32)28(2)9-6-25-7-10-28)14-5-8-27(20(30)17(14)19(29)21(26)31)12-13-3-4-16(24)15(23)11-13/h3-4,11,25H,5-10,12H2,1-2H3/p+1. The van der Waals surface area contributed by atoms with E-state index in [4.69, 9.17) is 11.6 Å². The molecule has 2 amide bonds. The number of nitrogens with zero attached hydrogens (tertiary/aromatic N) is 3. The van der Waals surface area contributed by atoms with Crippen molar-refractivity contribution in [3.63, 3.8) is 0 Å². The smallest absolute Gasteiger partial charge is 0.362 e. The van der Waals surface area contributed by atoms with Crippen LogP contribution in [0.15, 0.2) is 23.0 Å². The zero-order valence-corrected chi connectivity index (χ0v) is 18.7. The second kappa shape index (κ2) is 8.31. The van der Waals surface area contributed by atoms with Gasteiger partial charge in [-0.3, -0.25) is 14.1 Å². The molecule has 4 rings (SSSR count). The van der Waals surface area contributed by atoms with Crippen LogP contribution in [0.25, 0.3) is 0 Å². The van der Waals surface area contributed by atoms with Crippen molar-refractivity contribution in [2.75, 3.05) is 39.8 Å². The number of aromatic nitrogens is 1. The molecule has 1 aromatic heterocycles. The number of hydrogen-bond acceptors (Lipinski definition) is 5. The maximum atomic E-state index is 13.6. The summed E-state index contributed by atoms with van der Waals surface area (Å²) in [6.07, 6.45) is 0.303. The van der Waals surface area contributed by atoms with Crippen molar-refractivity contribution in [3.05, 3.63) is 61.8 Å². The summed E-state index contributed by atoms with van der Waals surface area (Å²) in [6.45, 7) is 2.88. The van der Waals surface area contributed by atoms with Gasteiger partial charge >= 0.3 is 5.91 Å². The fourth-order valence-corrected chi connectivity index (χ4v) is 4.64. The van der Waals surface area contributed by atoms with Crippen LogP contribution >= 0.6 is 11.6 Å². The number of piperazine rings is 1. The van der Waals surface area contributed by atoms with Crippen molar-refractivity contribution in [1.82, 2.24) is 14.8 Å². The molecule has 0 atom stereocenters. The molecule has 170 valence electrons. The van der Waals surface area contributed by atoms with E-state index in [2.05, 4.69) is 5.32 Å². The molecule has 2 aliphatic rings. The van der Waals surface area contributed by atoms with E-state index < -0.39 is 23.0 Å². The minimum absolute atomic E-state index is 0.0510. The lowest BCUT2D eigenvalue weighted by molar-refractivity contribution is -0.831. The highest BCUT2D eigenvalue weighted by Crippen LogP contribution is 2.30. The SMILES string of the molecule is Cn1c(C(=O)[N+]2(C)CCNCC2)c2c(c(O)c1=O)C(=O)N(Cc1ccc(F)c(Cl)c1)CC2. The molecule has 0 saturated carbocycles. The molecule has 8 nitrogen and oxygen atoms in total. The van der Waals surface area contributed by atoms with Crippen molar-refractivity contribution >= 4 is 23.4 Å². The Morgan fingerprint density at radius 3 is 2.62 bits per heavy atom. The number of quaternary nitrogens is 1. The minimum atomic E-state index is -0.783. The third-order valence-electron chi connectivity index (χ3n) is 6.41. The van der Waals surface area contributed by atoms with Crippen molar-refractivity contribution < 1.29 is 23.6 Å². The molecule has 1 saturated heterocycles. The summed E-state index contributed by atoms with van der Waals surface area (Å²) in [7, 11) is 3.27. The van der Waals surface area contributed by atoms with Gasteiger partial charge in [0.1, 0.15) is 5.82 Å². The number of hydrogen-bond donors (Lipinski definition) is 2. The normalized spacial score (nSPS) is 17.9. The Hall–Kier alpha value is -2.75. The minimum Gasteiger partial charge on any atom is -0.502 e. The van der Waals surface area contributed by atoms with Crippen LogP contribution in [0, 0.1) is 5.82 Å². The van der Waals surface area contributed by atoms with E-state index in [9.17, 15) is 23.9 Å². The van der Waals surface area contributed by atoms with Crippen LogP contribution in [0.1, 0.15) is 32.0 Å². The molecule has 2 aromatic rings. The number of aromatic hydroxyl groups is 1. The largest absolute Gasteiger partial charge is 0.502 e. The molecule has 2 aliphatic heterocycles. The van der Waals surface area contributed by atoms with Gasteiger partial charge in [0.2, 0.25) is 0 Å². The summed E-state index contributed by atoms with van der Waals surface area (Å²) in [5.41, 5.74) is 0.272. The quantitative estimate of drug-likeness (QED) is 0.669. The average molecular weight is 464 g/mol. The summed E-state index contributed by atoms with van der Waals surface area (Å²) in [5, 5.41) is 13.7. The van der Waals surface area contributed by atoms with Crippen molar-refractivity contribution in [3.8, 4) is 5.75 Å². The summed E-state index contributed by atoms with van der Waals surface area (Å²) in [4.78, 5) is 41.0. The molecule has 1 aromatic carbocycles. The summed E-state index contributed by atoms with van der Waals surface area (Å²) in [5.74, 6) is -2.00. The Labute approximate surface area is 189 Å². The number of nitrogens with one attached hydrogen (secondary N) is 1. The van der Waals surface area contributed by atoms with E-state index in [1.165, 1.54) is 30.1 Å². The van der Waals surface area contributed by atoms with Gasteiger partial charge in [-0.2, -0.15) is 0 Å². The number of benzene rings is 1. The highest BCUT2D eigenvalue weighted by Gasteiger charge is 2.41. The highest BCUT2D eigenvalue weighted by molar-refractivity contribution is 6.30. The maximum Gasteiger partial charge on any atom is 0.362 e. The van der Waals surface area contributed by atoms with E-state index in [1.807, 2.05) is 7.05 Å². The fraction of sp³-hybridized carbons (Fsp3) is 0.409. The Morgan fingerprint density at radius 1 is 1.28 bits per heavy atom. The molecular weight excluding hydrogens is 439 g/mol.